The first-order valence-corrected chi connectivity index (χ1v) is 8.06. The molecule has 2 rings (SSSR count). The van der Waals surface area contributed by atoms with Crippen LogP contribution in [0.15, 0.2) is 17.0 Å². The van der Waals surface area contributed by atoms with Gasteiger partial charge in [0, 0.05) is 11.6 Å². The number of nitrogens with zero attached hydrogens (tertiary/aromatic N) is 1. The summed E-state index contributed by atoms with van der Waals surface area (Å²) in [6.45, 7) is 3.55. The summed E-state index contributed by atoms with van der Waals surface area (Å²) in [6, 6.07) is 1.97. The van der Waals surface area contributed by atoms with E-state index < -0.39 is 22.0 Å². The molecule has 7 heteroatoms. The first kappa shape index (κ1) is 15.3. The number of carboxylic acid groups (broad SMARTS) is 1. The molecule has 0 radical (unpaired) electrons. The molecule has 1 fully saturated rings. The van der Waals surface area contributed by atoms with Gasteiger partial charge in [0.1, 0.15) is 0 Å². The predicted molar refractivity (Wildman–Crippen MR) is 72.8 cm³/mol. The van der Waals surface area contributed by atoms with Crippen LogP contribution in [0.4, 0.5) is 0 Å². The second kappa shape index (κ2) is 5.35. The average molecular weight is 317 g/mol. The number of aryl methyl sites for hydroxylation is 2. The van der Waals surface area contributed by atoms with Gasteiger partial charge in [-0.15, -0.1) is 0 Å². The van der Waals surface area contributed by atoms with Crippen molar-refractivity contribution in [2.45, 2.75) is 37.6 Å². The van der Waals surface area contributed by atoms with Gasteiger partial charge >= 0.3 is 0 Å². The Hall–Kier alpha value is -1.11. The van der Waals surface area contributed by atoms with Crippen molar-refractivity contribution in [3.8, 4) is 0 Å². The van der Waals surface area contributed by atoms with Gasteiger partial charge in [-0.05, 0) is 49.9 Å². The van der Waals surface area contributed by atoms with Crippen molar-refractivity contribution in [3.05, 3.63) is 28.3 Å². The number of hydrogen-bond acceptors (Lipinski definition) is 4. The molecule has 20 heavy (non-hydrogen) atoms. The largest absolute Gasteiger partial charge is 0.548 e. The van der Waals surface area contributed by atoms with E-state index in [0.29, 0.717) is 22.6 Å². The first-order valence-electron chi connectivity index (χ1n) is 6.24. The Kier molecular flexibility index (Phi) is 4.09. The Morgan fingerprint density at radius 1 is 1.35 bits per heavy atom. The molecule has 1 heterocycles. The second-order valence-electron chi connectivity index (χ2n) is 4.96. The molecule has 1 aromatic rings. The third kappa shape index (κ3) is 2.55. The number of benzene rings is 1. The van der Waals surface area contributed by atoms with Crippen LogP contribution in [-0.4, -0.2) is 31.3 Å². The third-order valence-corrected chi connectivity index (χ3v) is 5.98. The van der Waals surface area contributed by atoms with Crippen LogP contribution in [0.1, 0.15) is 24.0 Å². The highest BCUT2D eigenvalue weighted by atomic mass is 35.5. The minimum atomic E-state index is -3.85. The van der Waals surface area contributed by atoms with E-state index in [4.69, 9.17) is 11.6 Å². The van der Waals surface area contributed by atoms with Crippen LogP contribution >= 0.6 is 11.6 Å². The van der Waals surface area contributed by atoms with E-state index in [1.807, 2.05) is 0 Å². The Morgan fingerprint density at radius 2 is 2.00 bits per heavy atom. The van der Waals surface area contributed by atoms with Crippen molar-refractivity contribution in [1.29, 1.82) is 0 Å². The van der Waals surface area contributed by atoms with Gasteiger partial charge in [-0.3, -0.25) is 0 Å². The Bertz CT molecular complexity index is 657. The maximum Gasteiger partial charge on any atom is 0.243 e. The van der Waals surface area contributed by atoms with E-state index in [2.05, 4.69) is 0 Å². The van der Waals surface area contributed by atoms with E-state index in [9.17, 15) is 18.3 Å². The van der Waals surface area contributed by atoms with Crippen molar-refractivity contribution in [2.75, 3.05) is 6.54 Å². The smallest absolute Gasteiger partial charge is 0.243 e. The summed E-state index contributed by atoms with van der Waals surface area (Å²) in [5, 5.41) is 11.5. The lowest BCUT2D eigenvalue weighted by atomic mass is 10.2. The molecule has 1 unspecified atom stereocenters. The lowest BCUT2D eigenvalue weighted by Gasteiger charge is -2.25. The number of sulfonamides is 1. The van der Waals surface area contributed by atoms with E-state index >= 15 is 0 Å². The molecule has 0 N–H and O–H groups in total. The van der Waals surface area contributed by atoms with E-state index in [-0.39, 0.29) is 17.9 Å². The average Bonchev–Trinajstić information content (AvgIpc) is 2.83. The van der Waals surface area contributed by atoms with Crippen molar-refractivity contribution in [1.82, 2.24) is 4.31 Å². The number of halogens is 1. The maximum atomic E-state index is 12.6. The molecule has 0 spiro atoms. The Morgan fingerprint density at radius 3 is 2.60 bits per heavy atom. The summed E-state index contributed by atoms with van der Waals surface area (Å²) >= 11 is 5.96. The highest BCUT2D eigenvalue weighted by molar-refractivity contribution is 7.89. The molecule has 0 aliphatic carbocycles. The van der Waals surface area contributed by atoms with Crippen molar-refractivity contribution in [3.63, 3.8) is 0 Å². The number of hydrogen-bond donors (Lipinski definition) is 0. The topological polar surface area (TPSA) is 77.5 Å². The zero-order valence-corrected chi connectivity index (χ0v) is 12.8. The molecule has 0 bridgehead atoms. The number of aliphatic carboxylic acids is 1. The molecule has 0 saturated carbocycles. The molecule has 0 aromatic heterocycles. The van der Waals surface area contributed by atoms with Gasteiger partial charge in [0.2, 0.25) is 10.0 Å². The summed E-state index contributed by atoms with van der Waals surface area (Å²) in [7, 11) is -3.85. The summed E-state index contributed by atoms with van der Waals surface area (Å²) in [6.07, 6.45) is 0.802. The van der Waals surface area contributed by atoms with Gasteiger partial charge in [0.25, 0.3) is 0 Å². The molecule has 1 saturated heterocycles. The standard InChI is InChI=1S/C13H16ClNO4S/c1-8-7-12(9(2)6-10(8)14)20(18,19)15-5-3-4-11(15)13(16)17/h6-7,11H,3-5H2,1-2H3,(H,16,17)/p-1. The van der Waals surface area contributed by atoms with Crippen LogP contribution in [0.2, 0.25) is 5.02 Å². The highest BCUT2D eigenvalue weighted by Gasteiger charge is 2.36. The SMILES string of the molecule is Cc1cc(S(=O)(=O)N2CCCC2C(=O)[O-])c(C)cc1Cl. The Labute approximate surface area is 123 Å². The van der Waals surface area contributed by atoms with Crippen LogP contribution < -0.4 is 5.11 Å². The molecular weight excluding hydrogens is 302 g/mol. The lowest BCUT2D eigenvalue weighted by molar-refractivity contribution is -0.309. The predicted octanol–water partition coefficient (Wildman–Crippen LogP) is 0.860. The van der Waals surface area contributed by atoms with Crippen molar-refractivity contribution >= 4 is 27.6 Å². The molecule has 1 atom stereocenters. The number of carbonyl (C=O) groups is 1. The lowest BCUT2D eigenvalue weighted by Crippen LogP contribution is -2.47. The zero-order chi connectivity index (χ0) is 15.1. The highest BCUT2D eigenvalue weighted by Crippen LogP contribution is 2.30. The van der Waals surface area contributed by atoms with Gasteiger partial charge < -0.3 is 9.90 Å². The van der Waals surface area contributed by atoms with E-state index in [1.165, 1.54) is 6.07 Å². The summed E-state index contributed by atoms with van der Waals surface area (Å²) in [4.78, 5) is 11.2. The molecule has 1 aromatic carbocycles. The van der Waals surface area contributed by atoms with Crippen LogP contribution in [0.3, 0.4) is 0 Å². The monoisotopic (exact) mass is 316 g/mol. The van der Waals surface area contributed by atoms with Crippen LogP contribution in [-0.2, 0) is 14.8 Å². The zero-order valence-electron chi connectivity index (χ0n) is 11.2. The van der Waals surface area contributed by atoms with Gasteiger partial charge in [-0.2, -0.15) is 4.31 Å². The third-order valence-electron chi connectivity index (χ3n) is 3.52. The molecule has 110 valence electrons. The fourth-order valence-electron chi connectivity index (χ4n) is 2.42. The van der Waals surface area contributed by atoms with Crippen molar-refractivity contribution < 1.29 is 18.3 Å². The molecule has 1 aliphatic rings. The summed E-state index contributed by atoms with van der Waals surface area (Å²) in [5.74, 6) is -1.35. The summed E-state index contributed by atoms with van der Waals surface area (Å²) < 4.78 is 26.3. The maximum absolute atomic E-state index is 12.6. The molecule has 1 aliphatic heterocycles. The fourth-order valence-corrected chi connectivity index (χ4v) is 4.58. The number of carboxylic acids is 1. The van der Waals surface area contributed by atoms with Gasteiger partial charge in [-0.25, -0.2) is 8.42 Å². The summed E-state index contributed by atoms with van der Waals surface area (Å²) in [5.41, 5.74) is 1.14. The van der Waals surface area contributed by atoms with Crippen LogP contribution in [0.25, 0.3) is 0 Å². The minimum absolute atomic E-state index is 0.104. The Balaban J connectivity index is 2.50. The van der Waals surface area contributed by atoms with Crippen molar-refractivity contribution in [2.24, 2.45) is 0 Å². The normalized spacial score (nSPS) is 20.2. The second-order valence-corrected chi connectivity index (χ2v) is 7.23. The van der Waals surface area contributed by atoms with Gasteiger partial charge in [-0.1, -0.05) is 11.6 Å². The molecule has 5 nitrogen and oxygen atoms in total. The quantitative estimate of drug-likeness (QED) is 0.828. The van der Waals surface area contributed by atoms with Gasteiger partial charge in [0.05, 0.1) is 16.9 Å². The first-order chi connectivity index (χ1) is 9.25. The van der Waals surface area contributed by atoms with Crippen LogP contribution in [0, 0.1) is 13.8 Å². The van der Waals surface area contributed by atoms with E-state index in [0.717, 1.165) is 4.31 Å². The molecular formula is C13H15ClNO4S-. The molecule has 0 amide bonds. The van der Waals surface area contributed by atoms with Gasteiger partial charge in [0.15, 0.2) is 0 Å². The van der Waals surface area contributed by atoms with Crippen LogP contribution in [0.5, 0.6) is 0 Å². The number of rotatable bonds is 3. The van der Waals surface area contributed by atoms with E-state index in [1.54, 1.807) is 19.9 Å². The minimum Gasteiger partial charge on any atom is -0.548 e. The fraction of sp³-hybridized carbons (Fsp3) is 0.462. The number of carbonyl (C=O) groups excluding carboxylic acids is 1.